The molecule has 3 aliphatic heterocycles. The second-order valence-electron chi connectivity index (χ2n) is 9.27. The van der Waals surface area contributed by atoms with Crippen molar-refractivity contribution in [3.8, 4) is 0 Å². The summed E-state index contributed by atoms with van der Waals surface area (Å²) in [5.74, 6) is 0.101. The molecule has 0 aliphatic carbocycles. The molecular weight excluding hydrogens is 462 g/mol. The normalized spacial score (nSPS) is 25.5. The summed E-state index contributed by atoms with van der Waals surface area (Å²) in [6, 6.07) is 10.9. The molecule has 1 N–H and O–H groups in total. The second-order valence-corrected chi connectivity index (χ2v) is 11.6. The Morgan fingerprint density at radius 2 is 1.91 bits per heavy atom. The third-order valence-electron chi connectivity index (χ3n) is 7.06. The van der Waals surface area contributed by atoms with E-state index in [9.17, 15) is 13.2 Å². The zero-order chi connectivity index (χ0) is 23.3. The highest BCUT2D eigenvalue weighted by Crippen LogP contribution is 2.44. The van der Waals surface area contributed by atoms with E-state index in [0.29, 0.717) is 18.8 Å². The lowest BCUT2D eigenvalue weighted by atomic mass is 9.88. The van der Waals surface area contributed by atoms with Crippen molar-refractivity contribution < 1.29 is 22.8 Å². The second kappa shape index (κ2) is 8.67. The Morgan fingerprint density at radius 1 is 1.15 bits per heavy atom. The summed E-state index contributed by atoms with van der Waals surface area (Å²) in [5, 5.41) is 0.122. The highest BCUT2D eigenvalue weighted by atomic mass is 35.5. The van der Waals surface area contributed by atoms with Crippen molar-refractivity contribution in [2.45, 2.75) is 30.2 Å². The minimum absolute atomic E-state index is 0.0235. The van der Waals surface area contributed by atoms with Crippen LogP contribution < -0.4 is 9.80 Å². The van der Waals surface area contributed by atoms with Gasteiger partial charge in [0.25, 0.3) is 5.91 Å². The number of hydrogen-bond acceptors (Lipinski definition) is 4. The van der Waals surface area contributed by atoms with Gasteiger partial charge in [-0.05, 0) is 36.8 Å². The first-order chi connectivity index (χ1) is 15.8. The predicted molar refractivity (Wildman–Crippen MR) is 127 cm³/mol. The van der Waals surface area contributed by atoms with Crippen LogP contribution in [0, 0.1) is 6.92 Å². The SMILES string of the molecule is Cc1ccc2c(c1)[C@H]1C[NH+](C)CC[C@H]1N2C(=O)c1ccc(Cl)c(S(=O)(=O)N2CCOCC2)c1. The molecule has 2 aromatic rings. The van der Waals surface area contributed by atoms with Crippen molar-refractivity contribution in [3.63, 3.8) is 0 Å². The molecule has 3 aliphatic rings. The number of ether oxygens (including phenoxy) is 1. The minimum atomic E-state index is -3.82. The van der Waals surface area contributed by atoms with Crippen molar-refractivity contribution in [3.05, 3.63) is 58.1 Å². The Morgan fingerprint density at radius 3 is 2.67 bits per heavy atom. The average molecular weight is 491 g/mol. The maximum atomic E-state index is 13.8. The zero-order valence-corrected chi connectivity index (χ0v) is 20.5. The number of sulfonamides is 1. The predicted octanol–water partition coefficient (Wildman–Crippen LogP) is 1.70. The number of rotatable bonds is 3. The maximum absolute atomic E-state index is 13.8. The number of amides is 1. The molecule has 0 saturated carbocycles. The summed E-state index contributed by atoms with van der Waals surface area (Å²) in [7, 11) is -1.63. The standard InChI is InChI=1S/C24H28ClN3O4S/c1-16-3-6-21-18(13-16)19-15-26(2)8-7-22(19)28(21)24(29)17-4-5-20(25)23(14-17)33(30,31)27-9-11-32-12-10-27/h3-6,13-14,19,22H,7-12,15H2,1-2H3/p+1/t19-,22-/m1/s1. The molecular formula is C24H29ClN3O4S+. The number of anilines is 1. The van der Waals surface area contributed by atoms with Crippen LogP contribution in [-0.4, -0.2) is 71.1 Å². The van der Waals surface area contributed by atoms with Crippen LogP contribution >= 0.6 is 11.6 Å². The highest BCUT2D eigenvalue weighted by Gasteiger charge is 2.46. The summed E-state index contributed by atoms with van der Waals surface area (Å²) >= 11 is 6.32. The summed E-state index contributed by atoms with van der Waals surface area (Å²) in [5.41, 5.74) is 3.66. The van der Waals surface area contributed by atoms with Gasteiger partial charge < -0.3 is 14.5 Å². The summed E-state index contributed by atoms with van der Waals surface area (Å²) in [6.45, 7) is 5.28. The number of morpholine rings is 1. The Hall–Kier alpha value is -1.97. The molecule has 33 heavy (non-hydrogen) atoms. The number of nitrogens with one attached hydrogen (secondary N) is 1. The van der Waals surface area contributed by atoms with Gasteiger partial charge in [0.15, 0.2) is 0 Å². The first-order valence-electron chi connectivity index (χ1n) is 11.4. The zero-order valence-electron chi connectivity index (χ0n) is 18.9. The van der Waals surface area contributed by atoms with Gasteiger partial charge in [0.05, 0.1) is 50.3 Å². The molecule has 9 heteroatoms. The largest absolute Gasteiger partial charge is 0.379 e. The van der Waals surface area contributed by atoms with Crippen LogP contribution in [0.25, 0.3) is 0 Å². The number of likely N-dealkylation sites (N-methyl/N-ethyl adjacent to an activating group) is 1. The third kappa shape index (κ3) is 3.98. The molecule has 0 aromatic heterocycles. The number of piperidine rings is 1. The van der Waals surface area contributed by atoms with Gasteiger partial charge in [0.2, 0.25) is 10.0 Å². The van der Waals surface area contributed by atoms with Gasteiger partial charge in [0.1, 0.15) is 4.90 Å². The number of hydrogen-bond donors (Lipinski definition) is 1. The van der Waals surface area contributed by atoms with Gasteiger partial charge in [-0.15, -0.1) is 0 Å². The summed E-state index contributed by atoms with van der Waals surface area (Å²) < 4.78 is 33.2. The van der Waals surface area contributed by atoms with Gasteiger partial charge in [-0.2, -0.15) is 4.31 Å². The molecule has 0 spiro atoms. The summed E-state index contributed by atoms with van der Waals surface area (Å²) in [4.78, 5) is 17.2. The number of aryl methyl sites for hydroxylation is 1. The van der Waals surface area contributed by atoms with Crippen molar-refractivity contribution >= 4 is 33.2 Å². The number of carbonyl (C=O) groups excluding carboxylic acids is 1. The molecule has 176 valence electrons. The summed E-state index contributed by atoms with van der Waals surface area (Å²) in [6.07, 6.45) is 0.905. The minimum Gasteiger partial charge on any atom is -0.379 e. The molecule has 0 radical (unpaired) electrons. The quantitative estimate of drug-likeness (QED) is 0.711. The molecule has 2 aromatic carbocycles. The molecule has 0 bridgehead atoms. The molecule has 1 amide bonds. The van der Waals surface area contributed by atoms with Crippen LogP contribution in [0.2, 0.25) is 5.02 Å². The van der Waals surface area contributed by atoms with Crippen LogP contribution in [0.3, 0.4) is 0 Å². The Kier molecular flexibility index (Phi) is 5.99. The average Bonchev–Trinajstić information content (AvgIpc) is 3.12. The Labute approximate surface area is 199 Å². The van der Waals surface area contributed by atoms with Gasteiger partial charge in [-0.1, -0.05) is 29.3 Å². The van der Waals surface area contributed by atoms with Crippen LogP contribution in [0.5, 0.6) is 0 Å². The van der Waals surface area contributed by atoms with E-state index >= 15 is 0 Å². The molecule has 3 heterocycles. The van der Waals surface area contributed by atoms with Crippen molar-refractivity contribution in [1.82, 2.24) is 4.31 Å². The van der Waals surface area contributed by atoms with E-state index in [-0.39, 0.29) is 40.9 Å². The van der Waals surface area contributed by atoms with Crippen molar-refractivity contribution in [2.75, 3.05) is 51.3 Å². The Bertz CT molecular complexity index is 1200. The van der Waals surface area contributed by atoms with E-state index in [1.165, 1.54) is 32.5 Å². The third-order valence-corrected chi connectivity index (χ3v) is 9.44. The van der Waals surface area contributed by atoms with Gasteiger partial charge >= 0.3 is 0 Å². The van der Waals surface area contributed by atoms with Crippen LogP contribution in [0.4, 0.5) is 5.69 Å². The van der Waals surface area contributed by atoms with E-state index in [0.717, 1.165) is 25.2 Å². The number of quaternary nitrogens is 1. The molecule has 7 nitrogen and oxygen atoms in total. The fraction of sp³-hybridized carbons (Fsp3) is 0.458. The number of halogens is 1. The lowest BCUT2D eigenvalue weighted by Gasteiger charge is -2.34. The molecule has 2 saturated heterocycles. The van der Waals surface area contributed by atoms with Gasteiger partial charge in [-0.3, -0.25) is 4.79 Å². The number of likely N-dealkylation sites (tertiary alicyclic amines) is 1. The molecule has 3 atom stereocenters. The van der Waals surface area contributed by atoms with E-state index < -0.39 is 10.0 Å². The highest BCUT2D eigenvalue weighted by molar-refractivity contribution is 7.89. The van der Waals surface area contributed by atoms with Crippen molar-refractivity contribution in [2.24, 2.45) is 0 Å². The lowest BCUT2D eigenvalue weighted by Crippen LogP contribution is -3.11. The molecule has 2 fully saturated rings. The first kappa shape index (κ1) is 22.8. The first-order valence-corrected chi connectivity index (χ1v) is 13.2. The van der Waals surface area contributed by atoms with Crippen LogP contribution in [0.15, 0.2) is 41.3 Å². The Balaban J connectivity index is 1.53. The fourth-order valence-electron chi connectivity index (χ4n) is 5.36. The van der Waals surface area contributed by atoms with Gasteiger partial charge in [-0.25, -0.2) is 8.42 Å². The van der Waals surface area contributed by atoms with E-state index in [1.807, 2.05) is 17.0 Å². The maximum Gasteiger partial charge on any atom is 0.258 e. The monoisotopic (exact) mass is 490 g/mol. The number of carbonyl (C=O) groups is 1. The molecule has 5 rings (SSSR count). The number of nitrogens with zero attached hydrogens (tertiary/aromatic N) is 2. The lowest BCUT2D eigenvalue weighted by molar-refractivity contribution is -0.886. The van der Waals surface area contributed by atoms with E-state index in [2.05, 4.69) is 20.0 Å². The van der Waals surface area contributed by atoms with E-state index in [1.54, 1.807) is 6.07 Å². The smallest absolute Gasteiger partial charge is 0.258 e. The fourth-order valence-corrected chi connectivity index (χ4v) is 7.27. The topological polar surface area (TPSA) is 71.4 Å². The van der Waals surface area contributed by atoms with Crippen LogP contribution in [-0.2, 0) is 14.8 Å². The molecule has 1 unspecified atom stereocenters. The van der Waals surface area contributed by atoms with Crippen LogP contribution in [0.1, 0.15) is 33.8 Å². The number of fused-ring (bicyclic) bond motifs is 3. The number of benzene rings is 2. The van der Waals surface area contributed by atoms with Gasteiger partial charge in [0, 0.05) is 30.8 Å². The van der Waals surface area contributed by atoms with E-state index in [4.69, 9.17) is 16.3 Å². The van der Waals surface area contributed by atoms with Crippen molar-refractivity contribution in [1.29, 1.82) is 0 Å².